The summed E-state index contributed by atoms with van der Waals surface area (Å²) in [7, 11) is -5.36. The Balaban J connectivity index is 1.76. The van der Waals surface area contributed by atoms with Crippen LogP contribution in [-0.2, 0) is 52.5 Å². The van der Waals surface area contributed by atoms with E-state index in [2.05, 4.69) is 20.2 Å². The van der Waals surface area contributed by atoms with Gasteiger partial charge in [-0.05, 0) is 67.2 Å². The lowest BCUT2D eigenvalue weighted by Gasteiger charge is -2.28. The zero-order valence-electron chi connectivity index (χ0n) is 27.3. The summed E-state index contributed by atoms with van der Waals surface area (Å²) in [6, 6.07) is 1.42. The van der Waals surface area contributed by atoms with Crippen LogP contribution in [0, 0.1) is 0 Å². The molecule has 0 aliphatic rings. The van der Waals surface area contributed by atoms with Gasteiger partial charge >= 0.3 is 17.6 Å². The van der Waals surface area contributed by atoms with Crippen LogP contribution in [0.1, 0.15) is 85.3 Å². The first-order valence-electron chi connectivity index (χ1n) is 16.0. The number of unbranched alkanes of at least 4 members (excludes halogenated alkanes) is 2. The molecule has 0 saturated heterocycles. The van der Waals surface area contributed by atoms with Crippen molar-refractivity contribution in [2.75, 3.05) is 51.1 Å². The quantitative estimate of drug-likeness (QED) is 0.112. The molecule has 0 fully saturated rings. The Morgan fingerprint density at radius 1 is 0.512 bits per heavy atom. The third-order valence-corrected chi connectivity index (χ3v) is 13.0. The Bertz CT molecular complexity index is 915. The van der Waals surface area contributed by atoms with Crippen molar-refractivity contribution in [3.63, 3.8) is 0 Å². The molecule has 4 N–H and O–H groups in total. The van der Waals surface area contributed by atoms with Crippen LogP contribution in [0.3, 0.4) is 0 Å². The standard InChI is InChI=1S/C27H56N8O6Si2/c1-7-36-42(37-8-2,38-9-3)22-16-20-34-26(28)30-24(32-34)18-14-13-15-19-25-31-27(29)35(33-25)21-17-23-43(39-10-4,40-11-5)41-12-6/h7-23H2,1-6H3,(H2,28,30,32)(H2,29,31,33). The summed E-state index contributed by atoms with van der Waals surface area (Å²) in [4.78, 5) is 8.93. The Morgan fingerprint density at radius 2 is 0.837 bits per heavy atom. The molecule has 2 aromatic rings. The van der Waals surface area contributed by atoms with Crippen molar-refractivity contribution >= 4 is 29.5 Å². The van der Waals surface area contributed by atoms with Gasteiger partial charge in [0.05, 0.1) is 0 Å². The molecule has 16 heteroatoms. The molecule has 0 amide bonds. The predicted molar refractivity (Wildman–Crippen MR) is 170 cm³/mol. The lowest BCUT2D eigenvalue weighted by molar-refractivity contribution is 0.0696. The maximum Gasteiger partial charge on any atom is 0.500 e. The fourth-order valence-electron chi connectivity index (χ4n) is 4.98. The van der Waals surface area contributed by atoms with E-state index in [4.69, 9.17) is 38.0 Å². The Hall–Kier alpha value is -1.93. The van der Waals surface area contributed by atoms with E-state index < -0.39 is 17.6 Å². The monoisotopic (exact) mass is 644 g/mol. The van der Waals surface area contributed by atoms with E-state index in [1.165, 1.54) is 0 Å². The number of aryl methyl sites for hydroxylation is 4. The van der Waals surface area contributed by atoms with Gasteiger partial charge in [-0.15, -0.1) is 0 Å². The molecule has 0 atom stereocenters. The van der Waals surface area contributed by atoms with E-state index in [0.29, 0.717) is 76.7 Å². The molecular weight excluding hydrogens is 589 g/mol. The normalized spacial score (nSPS) is 12.4. The van der Waals surface area contributed by atoms with Gasteiger partial charge in [-0.3, -0.25) is 0 Å². The van der Waals surface area contributed by atoms with E-state index in [9.17, 15) is 0 Å². The molecular formula is C27H56N8O6Si2. The number of nitrogen functional groups attached to an aromatic ring is 2. The Morgan fingerprint density at radius 3 is 1.14 bits per heavy atom. The minimum absolute atomic E-state index is 0.431. The van der Waals surface area contributed by atoms with Gasteiger partial charge in [0, 0.05) is 77.7 Å². The summed E-state index contributed by atoms with van der Waals surface area (Å²) < 4.78 is 39.2. The SMILES string of the molecule is CCO[Si](CCCn1nc(CCCCCc2nc(N)n(CCC[Si](OCC)(OCC)OCC)n2)nc1N)(OCC)OCC. The fourth-order valence-corrected chi connectivity index (χ4v) is 10.2. The molecule has 2 rings (SSSR count). The van der Waals surface area contributed by atoms with E-state index in [-0.39, 0.29) is 0 Å². The average molecular weight is 645 g/mol. The number of aromatic nitrogens is 6. The van der Waals surface area contributed by atoms with Gasteiger partial charge in [-0.2, -0.15) is 20.2 Å². The summed E-state index contributed by atoms with van der Waals surface area (Å²) >= 11 is 0. The number of anilines is 2. The van der Waals surface area contributed by atoms with Crippen molar-refractivity contribution in [3.8, 4) is 0 Å². The lowest BCUT2D eigenvalue weighted by atomic mass is 10.1. The van der Waals surface area contributed by atoms with E-state index in [0.717, 1.165) is 56.6 Å². The summed E-state index contributed by atoms with van der Waals surface area (Å²) in [5.41, 5.74) is 12.3. The highest BCUT2D eigenvalue weighted by atomic mass is 28.4. The van der Waals surface area contributed by atoms with Gasteiger partial charge in [0.15, 0.2) is 11.6 Å². The molecule has 0 aliphatic heterocycles. The maximum atomic E-state index is 6.15. The number of hydrogen-bond acceptors (Lipinski definition) is 12. The number of rotatable bonds is 26. The zero-order valence-corrected chi connectivity index (χ0v) is 29.3. The number of nitrogens with zero attached hydrogens (tertiary/aromatic N) is 6. The molecule has 0 bridgehead atoms. The fraction of sp³-hybridized carbons (Fsp3) is 0.852. The molecule has 0 radical (unpaired) electrons. The van der Waals surface area contributed by atoms with Crippen LogP contribution in [0.25, 0.3) is 0 Å². The van der Waals surface area contributed by atoms with Crippen molar-refractivity contribution in [1.82, 2.24) is 29.5 Å². The summed E-state index contributed by atoms with van der Waals surface area (Å²) in [6.45, 7) is 16.4. The molecule has 248 valence electrons. The van der Waals surface area contributed by atoms with E-state index in [1.807, 2.05) is 41.5 Å². The van der Waals surface area contributed by atoms with Gasteiger partial charge in [0.25, 0.3) is 0 Å². The first-order valence-corrected chi connectivity index (χ1v) is 19.9. The van der Waals surface area contributed by atoms with Gasteiger partial charge in [-0.1, -0.05) is 6.42 Å². The summed E-state index contributed by atoms with van der Waals surface area (Å²) in [5, 5.41) is 9.25. The average Bonchev–Trinajstić information content (AvgIpc) is 3.50. The van der Waals surface area contributed by atoms with Crippen LogP contribution >= 0.6 is 0 Å². The van der Waals surface area contributed by atoms with Crippen molar-refractivity contribution in [1.29, 1.82) is 0 Å². The second-order valence-electron chi connectivity index (χ2n) is 9.95. The third kappa shape index (κ3) is 12.5. The molecule has 0 aliphatic carbocycles. The number of hydrogen-bond donors (Lipinski definition) is 2. The van der Waals surface area contributed by atoms with Crippen LogP contribution in [-0.4, -0.2) is 86.8 Å². The van der Waals surface area contributed by atoms with Crippen LogP contribution in [0.15, 0.2) is 0 Å². The van der Waals surface area contributed by atoms with E-state index in [1.54, 1.807) is 9.36 Å². The molecule has 43 heavy (non-hydrogen) atoms. The highest BCUT2D eigenvalue weighted by Gasteiger charge is 2.40. The zero-order chi connectivity index (χ0) is 31.6. The Kier molecular flexibility index (Phi) is 17.5. The van der Waals surface area contributed by atoms with Crippen LogP contribution in [0.5, 0.6) is 0 Å². The smallest absolute Gasteiger partial charge is 0.374 e. The molecule has 0 saturated carbocycles. The second-order valence-corrected chi connectivity index (χ2v) is 15.4. The highest BCUT2D eigenvalue weighted by molar-refractivity contribution is 6.61. The van der Waals surface area contributed by atoms with Crippen molar-refractivity contribution in [2.45, 2.75) is 112 Å². The third-order valence-electron chi connectivity index (χ3n) is 6.68. The van der Waals surface area contributed by atoms with Gasteiger partial charge in [-0.25, -0.2) is 9.36 Å². The molecule has 2 heterocycles. The highest BCUT2D eigenvalue weighted by Crippen LogP contribution is 2.21. The lowest BCUT2D eigenvalue weighted by Crippen LogP contribution is -2.46. The molecule has 0 unspecified atom stereocenters. The first kappa shape index (κ1) is 37.3. The summed E-state index contributed by atoms with van der Waals surface area (Å²) in [5.74, 6) is 2.39. The van der Waals surface area contributed by atoms with Gasteiger partial charge < -0.3 is 38.0 Å². The summed E-state index contributed by atoms with van der Waals surface area (Å²) in [6.07, 6.45) is 6.01. The van der Waals surface area contributed by atoms with Gasteiger partial charge in [0.1, 0.15) is 0 Å². The number of nitrogens with two attached hydrogens (primary N) is 2. The largest absolute Gasteiger partial charge is 0.500 e. The van der Waals surface area contributed by atoms with Crippen molar-refractivity contribution < 1.29 is 26.6 Å². The second kappa shape index (κ2) is 20.2. The van der Waals surface area contributed by atoms with Crippen molar-refractivity contribution in [2.24, 2.45) is 0 Å². The molecule has 2 aromatic heterocycles. The predicted octanol–water partition coefficient (Wildman–Crippen LogP) is 3.87. The van der Waals surface area contributed by atoms with Crippen LogP contribution < -0.4 is 11.5 Å². The van der Waals surface area contributed by atoms with Crippen LogP contribution in [0.2, 0.25) is 12.1 Å². The van der Waals surface area contributed by atoms with Crippen molar-refractivity contribution in [3.05, 3.63) is 11.6 Å². The topological polar surface area (TPSA) is 169 Å². The Labute approximate surface area is 259 Å². The van der Waals surface area contributed by atoms with E-state index >= 15 is 0 Å². The molecule has 0 aromatic carbocycles. The van der Waals surface area contributed by atoms with Crippen LogP contribution in [0.4, 0.5) is 11.9 Å². The minimum atomic E-state index is -2.68. The van der Waals surface area contributed by atoms with Gasteiger partial charge in [0.2, 0.25) is 11.9 Å². The maximum absolute atomic E-state index is 6.15. The molecule has 14 nitrogen and oxygen atoms in total. The first-order chi connectivity index (χ1) is 20.8. The minimum Gasteiger partial charge on any atom is -0.374 e. The molecule has 0 spiro atoms.